The van der Waals surface area contributed by atoms with Crippen LogP contribution in [-0.2, 0) is 0 Å². The number of carbonyl (C=O) groups excluding carboxylic acids is 2. The lowest BCUT2D eigenvalue weighted by Crippen LogP contribution is -2.54. The zero-order valence-corrected chi connectivity index (χ0v) is 19.8. The molecule has 2 aromatic heterocycles. The first kappa shape index (κ1) is 23.0. The van der Waals surface area contributed by atoms with E-state index in [4.69, 9.17) is 5.73 Å². The van der Waals surface area contributed by atoms with Crippen molar-refractivity contribution in [1.29, 1.82) is 0 Å². The number of amides is 1. The molecule has 0 radical (unpaired) electrons. The molecule has 32 heavy (non-hydrogen) atoms. The molecule has 3 fully saturated rings. The van der Waals surface area contributed by atoms with Gasteiger partial charge in [-0.05, 0) is 73.8 Å². The summed E-state index contributed by atoms with van der Waals surface area (Å²) in [5.41, 5.74) is 8.04. The molecule has 2 heterocycles. The smallest absolute Gasteiger partial charge is 0.268 e. The van der Waals surface area contributed by atoms with Gasteiger partial charge in [0.15, 0.2) is 5.78 Å². The summed E-state index contributed by atoms with van der Waals surface area (Å²) in [7, 11) is 0. The molecule has 0 saturated heterocycles. The van der Waals surface area contributed by atoms with E-state index >= 15 is 0 Å². The maximum atomic E-state index is 13.0. The van der Waals surface area contributed by atoms with Gasteiger partial charge in [0, 0.05) is 25.2 Å². The fourth-order valence-corrected chi connectivity index (χ4v) is 6.02. The highest BCUT2D eigenvalue weighted by molar-refractivity contribution is 5.96. The minimum absolute atomic E-state index is 0.00716. The molecule has 174 valence electrons. The minimum Gasteiger partial charge on any atom is -0.350 e. The van der Waals surface area contributed by atoms with Crippen LogP contribution in [0.25, 0.3) is 5.65 Å². The van der Waals surface area contributed by atoms with Gasteiger partial charge in [-0.2, -0.15) is 0 Å². The van der Waals surface area contributed by atoms with E-state index in [0.717, 1.165) is 31.6 Å². The summed E-state index contributed by atoms with van der Waals surface area (Å²) >= 11 is 0. The molecule has 3 N–H and O–H groups in total. The molecule has 5 rings (SSSR count). The van der Waals surface area contributed by atoms with Crippen molar-refractivity contribution in [2.75, 3.05) is 6.54 Å². The number of fused-ring (bicyclic) bond motifs is 3. The fourth-order valence-electron chi connectivity index (χ4n) is 6.02. The lowest BCUT2D eigenvalue weighted by atomic mass is 9.45. The van der Waals surface area contributed by atoms with Crippen LogP contribution in [0.4, 0.5) is 0 Å². The van der Waals surface area contributed by atoms with E-state index in [2.05, 4.69) is 31.1 Å². The van der Waals surface area contributed by atoms with Crippen LogP contribution in [0.3, 0.4) is 0 Å². The second-order valence-corrected chi connectivity index (χ2v) is 10.5. The summed E-state index contributed by atoms with van der Waals surface area (Å²) in [6.45, 7) is 7.59. The number of nitrogens with zero attached hydrogens (tertiary/aromatic N) is 2. The zero-order valence-electron chi connectivity index (χ0n) is 19.8. The van der Waals surface area contributed by atoms with E-state index in [-0.39, 0.29) is 17.7 Å². The number of nitrogens with two attached hydrogens (primary N) is 1. The highest BCUT2D eigenvalue weighted by Crippen LogP contribution is 2.61. The number of hydrogen-bond acceptors (Lipinski definition) is 4. The second-order valence-electron chi connectivity index (χ2n) is 10.5. The Kier molecular flexibility index (Phi) is 6.70. The summed E-state index contributed by atoms with van der Waals surface area (Å²) in [6.07, 6.45) is 9.58. The number of Topliss-reactive ketones (excluding diaryl/α,β-unsaturated/α-hetero) is 1. The maximum absolute atomic E-state index is 13.0. The summed E-state index contributed by atoms with van der Waals surface area (Å²) < 4.78 is 1.75. The van der Waals surface area contributed by atoms with Crippen molar-refractivity contribution in [3.8, 4) is 0 Å². The fraction of sp³-hybridized carbons (Fsp3) is 0.654. The van der Waals surface area contributed by atoms with Crippen LogP contribution in [0.2, 0.25) is 0 Å². The lowest BCUT2D eigenvalue weighted by Gasteiger charge is -2.60. The molecule has 6 heteroatoms. The number of nitrogens with one attached hydrogen (secondary N) is 1. The van der Waals surface area contributed by atoms with Gasteiger partial charge in [0.05, 0.1) is 0 Å². The van der Waals surface area contributed by atoms with Crippen LogP contribution in [0.15, 0.2) is 24.4 Å². The predicted molar refractivity (Wildman–Crippen MR) is 127 cm³/mol. The van der Waals surface area contributed by atoms with Crippen molar-refractivity contribution in [2.45, 2.75) is 78.2 Å². The van der Waals surface area contributed by atoms with Crippen LogP contribution < -0.4 is 11.1 Å². The molecule has 3 aliphatic carbocycles. The van der Waals surface area contributed by atoms with Crippen LogP contribution in [0, 0.1) is 23.2 Å². The van der Waals surface area contributed by atoms with Crippen molar-refractivity contribution in [2.24, 2.45) is 28.9 Å². The molecule has 0 aliphatic heterocycles. The van der Waals surface area contributed by atoms with E-state index < -0.39 is 0 Å². The molecule has 3 aliphatic rings. The van der Waals surface area contributed by atoms with Gasteiger partial charge in [-0.3, -0.25) is 14.0 Å². The Hall–Kier alpha value is -2.21. The lowest BCUT2D eigenvalue weighted by molar-refractivity contribution is -0.103. The van der Waals surface area contributed by atoms with Crippen LogP contribution in [0.1, 0.15) is 93.1 Å². The highest BCUT2D eigenvalue weighted by Gasteiger charge is 2.53. The Morgan fingerprint density at radius 3 is 2.81 bits per heavy atom. The Morgan fingerprint density at radius 2 is 2.09 bits per heavy atom. The summed E-state index contributed by atoms with van der Waals surface area (Å²) in [4.78, 5) is 30.1. The molecule has 0 aromatic carbocycles. The van der Waals surface area contributed by atoms with Crippen LogP contribution in [0.5, 0.6) is 0 Å². The first-order valence-electron chi connectivity index (χ1n) is 12.4. The first-order chi connectivity index (χ1) is 15.3. The Labute approximate surface area is 191 Å². The number of hydrogen-bond donors (Lipinski definition) is 2. The summed E-state index contributed by atoms with van der Waals surface area (Å²) in [5.74, 6) is 2.03. The van der Waals surface area contributed by atoms with Gasteiger partial charge in [0.25, 0.3) is 5.91 Å². The molecule has 4 atom stereocenters. The Balaban J connectivity index is 1.38. The predicted octanol–water partition coefficient (Wildman–Crippen LogP) is 4.62. The molecule has 6 nitrogen and oxygen atoms in total. The van der Waals surface area contributed by atoms with E-state index in [1.807, 2.05) is 12.1 Å². The third-order valence-electron chi connectivity index (χ3n) is 8.17. The van der Waals surface area contributed by atoms with Gasteiger partial charge in [0.2, 0.25) is 0 Å². The quantitative estimate of drug-likeness (QED) is 0.530. The van der Waals surface area contributed by atoms with Gasteiger partial charge < -0.3 is 11.1 Å². The van der Waals surface area contributed by atoms with E-state index in [1.54, 1.807) is 16.7 Å². The number of pyridine rings is 1. The van der Waals surface area contributed by atoms with Crippen molar-refractivity contribution >= 4 is 17.3 Å². The standard InChI is InChI=1S/C26H38N4O2/c1-4-7-19(27)8-5-10-23(31)21-16-30-22(9-6-11-24(30)29-21)25(32)28-15-17-12-13-18-14-20(17)26(18,2)3/h6,9,11,16-20H,4-5,7-8,10,12-15,27H2,1-3H3,(H,28,32)/t17-,18-,19?,20-/m0/s1. The summed E-state index contributed by atoms with van der Waals surface area (Å²) in [5, 5.41) is 3.16. The van der Waals surface area contributed by atoms with E-state index in [0.29, 0.717) is 47.3 Å². The van der Waals surface area contributed by atoms with Crippen molar-refractivity contribution in [1.82, 2.24) is 14.7 Å². The third kappa shape index (κ3) is 4.47. The minimum atomic E-state index is -0.100. The average molecular weight is 439 g/mol. The van der Waals surface area contributed by atoms with Gasteiger partial charge in [-0.1, -0.05) is 33.3 Å². The zero-order chi connectivity index (χ0) is 22.9. The first-order valence-corrected chi connectivity index (χ1v) is 12.4. The number of rotatable bonds is 10. The van der Waals surface area contributed by atoms with Gasteiger partial charge in [-0.25, -0.2) is 4.98 Å². The monoisotopic (exact) mass is 438 g/mol. The second kappa shape index (κ2) is 9.34. The van der Waals surface area contributed by atoms with Gasteiger partial charge in [-0.15, -0.1) is 0 Å². The average Bonchev–Trinajstić information content (AvgIpc) is 3.22. The van der Waals surface area contributed by atoms with Crippen molar-refractivity contribution < 1.29 is 9.59 Å². The molecule has 0 spiro atoms. The molecular weight excluding hydrogens is 400 g/mol. The van der Waals surface area contributed by atoms with Crippen LogP contribution in [-0.4, -0.2) is 33.7 Å². The normalized spacial score (nSPS) is 24.7. The van der Waals surface area contributed by atoms with E-state index in [9.17, 15) is 9.59 Å². The largest absolute Gasteiger partial charge is 0.350 e. The Bertz CT molecular complexity index is 977. The SMILES string of the molecule is CCCC(N)CCCC(=O)c1cn2c(C(=O)NC[C@@H]3CC[C@H]4C[C@@H]3C4(C)C)cccc2n1. The maximum Gasteiger partial charge on any atom is 0.268 e. The topological polar surface area (TPSA) is 89.5 Å². The number of aromatic nitrogens is 2. The van der Waals surface area contributed by atoms with Crippen LogP contribution >= 0.6 is 0 Å². The molecule has 1 unspecified atom stereocenters. The highest BCUT2D eigenvalue weighted by atomic mass is 16.2. The molecule has 3 saturated carbocycles. The van der Waals surface area contributed by atoms with E-state index in [1.165, 1.54) is 19.3 Å². The number of ketones is 1. The number of carbonyl (C=O) groups is 2. The molecule has 1 amide bonds. The number of imidazole rings is 1. The Morgan fingerprint density at radius 1 is 1.28 bits per heavy atom. The van der Waals surface area contributed by atoms with Gasteiger partial charge in [0.1, 0.15) is 17.0 Å². The molecular formula is C26H38N4O2. The van der Waals surface area contributed by atoms with Gasteiger partial charge >= 0.3 is 0 Å². The van der Waals surface area contributed by atoms with Crippen molar-refractivity contribution in [3.05, 3.63) is 35.8 Å². The molecule has 2 bridgehead atoms. The third-order valence-corrected chi connectivity index (χ3v) is 8.17. The molecule has 2 aromatic rings. The summed E-state index contributed by atoms with van der Waals surface area (Å²) in [6, 6.07) is 5.62. The van der Waals surface area contributed by atoms with Crippen molar-refractivity contribution in [3.63, 3.8) is 0 Å².